The molecule has 4 nitrogen and oxygen atoms in total. The minimum atomic E-state index is -3.50. The Morgan fingerprint density at radius 1 is 1.06 bits per heavy atom. The predicted octanol–water partition coefficient (Wildman–Crippen LogP) is 5.47. The van der Waals surface area contributed by atoms with Crippen molar-refractivity contribution in [2.24, 2.45) is 0 Å². The van der Waals surface area contributed by atoms with E-state index in [9.17, 15) is 8.76 Å². The number of nitrogens with zero attached hydrogens (tertiary/aromatic N) is 1. The molecule has 0 bridgehead atoms. The van der Waals surface area contributed by atoms with Gasteiger partial charge in [-0.05, 0) is 72.8 Å². The van der Waals surface area contributed by atoms with E-state index in [2.05, 4.69) is 40.0 Å². The fourth-order valence-corrected chi connectivity index (χ4v) is 5.53. The molecule has 4 rings (SSSR count). The first-order chi connectivity index (χ1) is 14.9. The SMILES string of the molecule is Cc1ccc(-c2cccc(CN3CCCC(N[S+](=O)([O-])c4ccccc4)C3)c2)cc1Cl. The number of hydrogen-bond donors (Lipinski definition) is 1. The van der Waals surface area contributed by atoms with E-state index in [1.54, 1.807) is 24.3 Å². The molecule has 1 heterocycles. The molecule has 0 amide bonds. The molecule has 0 aromatic heterocycles. The first kappa shape index (κ1) is 22.2. The standard InChI is InChI=1S/C25H27ClN2O2S/c1-19-12-13-22(16-25(19)26)21-8-5-7-20(15-21)17-28-14-6-9-23(18-28)27-31(29,30)24-10-3-2-4-11-24/h2-5,7-8,10-13,15-16,23H,6,9,14,17-18H2,1H3,(H-,27,29,30). The molecule has 0 aliphatic carbocycles. The molecule has 1 aliphatic heterocycles. The van der Waals surface area contributed by atoms with E-state index in [1.807, 2.05) is 25.1 Å². The van der Waals surface area contributed by atoms with Crippen LogP contribution >= 0.6 is 11.6 Å². The number of hydrogen-bond acceptors (Lipinski definition) is 3. The van der Waals surface area contributed by atoms with Crippen molar-refractivity contribution >= 4 is 22.0 Å². The van der Waals surface area contributed by atoms with Crippen LogP contribution in [0.25, 0.3) is 11.1 Å². The topological polar surface area (TPSA) is 55.4 Å². The first-order valence-corrected chi connectivity index (χ1v) is 12.4. The Hall–Kier alpha value is -2.02. The highest BCUT2D eigenvalue weighted by Crippen LogP contribution is 2.27. The molecule has 1 saturated heterocycles. The zero-order chi connectivity index (χ0) is 21.8. The molecule has 1 aliphatic rings. The van der Waals surface area contributed by atoms with Gasteiger partial charge in [-0.2, -0.15) is 0 Å². The molecule has 162 valence electrons. The summed E-state index contributed by atoms with van der Waals surface area (Å²) >= 11 is 6.31. The lowest BCUT2D eigenvalue weighted by Gasteiger charge is -2.33. The Labute approximate surface area is 190 Å². The largest absolute Gasteiger partial charge is 0.593 e. The van der Waals surface area contributed by atoms with E-state index >= 15 is 0 Å². The second-order valence-electron chi connectivity index (χ2n) is 8.17. The lowest BCUT2D eigenvalue weighted by molar-refractivity contribution is 0.193. The maximum Gasteiger partial charge on any atom is 0.175 e. The zero-order valence-electron chi connectivity index (χ0n) is 17.6. The van der Waals surface area contributed by atoms with Gasteiger partial charge < -0.3 is 4.55 Å². The molecule has 0 spiro atoms. The second-order valence-corrected chi connectivity index (χ2v) is 10.3. The third-order valence-electron chi connectivity index (χ3n) is 5.72. The number of rotatable bonds is 6. The fourth-order valence-electron chi connectivity index (χ4n) is 4.06. The number of aryl methyl sites for hydroxylation is 1. The lowest BCUT2D eigenvalue weighted by Crippen LogP contribution is -2.49. The van der Waals surface area contributed by atoms with Gasteiger partial charge in [0, 0.05) is 18.1 Å². The number of sulfonamides is 1. The molecular formula is C25H27ClN2O2S. The summed E-state index contributed by atoms with van der Waals surface area (Å²) in [6, 6.07) is 23.1. The first-order valence-electron chi connectivity index (χ1n) is 10.6. The molecule has 2 unspecified atom stereocenters. The molecule has 6 heteroatoms. The highest BCUT2D eigenvalue weighted by Gasteiger charge is 2.28. The van der Waals surface area contributed by atoms with E-state index < -0.39 is 10.4 Å². The highest BCUT2D eigenvalue weighted by atomic mass is 35.5. The summed E-state index contributed by atoms with van der Waals surface area (Å²) in [4.78, 5) is 2.64. The molecule has 3 aromatic rings. The minimum absolute atomic E-state index is 0.0851. The number of piperidine rings is 1. The van der Waals surface area contributed by atoms with Gasteiger partial charge in [0.15, 0.2) is 15.3 Å². The molecular weight excluding hydrogens is 428 g/mol. The smallest absolute Gasteiger partial charge is 0.175 e. The van der Waals surface area contributed by atoms with Gasteiger partial charge in [-0.15, -0.1) is 4.72 Å². The maximum absolute atomic E-state index is 12.7. The third-order valence-corrected chi connectivity index (χ3v) is 7.66. The van der Waals surface area contributed by atoms with Crippen molar-refractivity contribution in [2.75, 3.05) is 13.1 Å². The van der Waals surface area contributed by atoms with Gasteiger partial charge in [0.2, 0.25) is 0 Å². The van der Waals surface area contributed by atoms with Crippen LogP contribution in [-0.2, 0) is 21.2 Å². The van der Waals surface area contributed by atoms with Gasteiger partial charge in [-0.3, -0.25) is 4.90 Å². The number of halogens is 1. The lowest BCUT2D eigenvalue weighted by atomic mass is 10.0. The molecule has 0 radical (unpaired) electrons. The average Bonchev–Trinajstić information content (AvgIpc) is 2.76. The normalized spacial score (nSPS) is 19.1. The van der Waals surface area contributed by atoms with Crippen molar-refractivity contribution in [1.29, 1.82) is 0 Å². The summed E-state index contributed by atoms with van der Waals surface area (Å²) in [5, 5.41) is 0.771. The van der Waals surface area contributed by atoms with Crippen LogP contribution in [0.1, 0.15) is 24.0 Å². The summed E-state index contributed by atoms with van der Waals surface area (Å²) < 4.78 is 28.2. The van der Waals surface area contributed by atoms with Crippen molar-refractivity contribution in [1.82, 2.24) is 9.62 Å². The van der Waals surface area contributed by atoms with Crippen molar-refractivity contribution in [3.63, 3.8) is 0 Å². The monoisotopic (exact) mass is 454 g/mol. The van der Waals surface area contributed by atoms with Crippen LogP contribution in [0.3, 0.4) is 0 Å². The molecule has 3 aromatic carbocycles. The minimum Gasteiger partial charge on any atom is -0.593 e. The molecule has 2 atom stereocenters. The van der Waals surface area contributed by atoms with E-state index in [0.717, 1.165) is 47.6 Å². The van der Waals surface area contributed by atoms with Crippen LogP contribution in [0.4, 0.5) is 0 Å². The van der Waals surface area contributed by atoms with Gasteiger partial charge in [-0.1, -0.05) is 64.3 Å². The predicted molar refractivity (Wildman–Crippen MR) is 127 cm³/mol. The quantitative estimate of drug-likeness (QED) is 0.502. The Morgan fingerprint density at radius 3 is 2.61 bits per heavy atom. The van der Waals surface area contributed by atoms with E-state index in [4.69, 9.17) is 11.6 Å². The van der Waals surface area contributed by atoms with E-state index in [0.29, 0.717) is 11.4 Å². The summed E-state index contributed by atoms with van der Waals surface area (Å²) in [7, 11) is -3.50. The van der Waals surface area contributed by atoms with Gasteiger partial charge in [0.05, 0.1) is 6.04 Å². The van der Waals surface area contributed by atoms with E-state index in [1.165, 1.54) is 5.56 Å². The maximum atomic E-state index is 12.7. The Bertz CT molecular complexity index is 1090. The molecule has 31 heavy (non-hydrogen) atoms. The van der Waals surface area contributed by atoms with Crippen molar-refractivity contribution < 1.29 is 8.76 Å². The number of likely N-dealkylation sites (tertiary alicyclic amines) is 1. The van der Waals surface area contributed by atoms with Crippen LogP contribution in [-0.4, -0.2) is 28.6 Å². The zero-order valence-corrected chi connectivity index (χ0v) is 19.2. The summed E-state index contributed by atoms with van der Waals surface area (Å²) in [5.74, 6) is 0. The van der Waals surface area contributed by atoms with Gasteiger partial charge in [-0.25, -0.2) is 0 Å². The van der Waals surface area contributed by atoms with E-state index in [-0.39, 0.29) is 6.04 Å². The molecule has 1 N–H and O–H groups in total. The van der Waals surface area contributed by atoms with Gasteiger partial charge >= 0.3 is 0 Å². The Morgan fingerprint density at radius 2 is 1.84 bits per heavy atom. The van der Waals surface area contributed by atoms with Crippen LogP contribution in [0.2, 0.25) is 5.02 Å². The van der Waals surface area contributed by atoms with Crippen molar-refractivity contribution in [3.8, 4) is 11.1 Å². The molecule has 0 saturated carbocycles. The Kier molecular flexibility index (Phi) is 6.89. The summed E-state index contributed by atoms with van der Waals surface area (Å²) in [6.45, 7) is 4.45. The van der Waals surface area contributed by atoms with Gasteiger partial charge in [0.25, 0.3) is 0 Å². The second kappa shape index (κ2) is 9.63. The summed E-state index contributed by atoms with van der Waals surface area (Å²) in [5.41, 5.74) is 4.52. The van der Waals surface area contributed by atoms with Crippen LogP contribution in [0.15, 0.2) is 77.7 Å². The number of benzene rings is 3. The van der Waals surface area contributed by atoms with Crippen LogP contribution in [0.5, 0.6) is 0 Å². The van der Waals surface area contributed by atoms with Crippen molar-refractivity contribution in [2.45, 2.75) is 37.2 Å². The third kappa shape index (κ3) is 5.62. The van der Waals surface area contributed by atoms with Gasteiger partial charge in [0.1, 0.15) is 0 Å². The summed E-state index contributed by atoms with van der Waals surface area (Å²) in [6.07, 6.45) is 1.82. The highest BCUT2D eigenvalue weighted by molar-refractivity contribution is 7.95. The number of nitrogens with one attached hydrogen (secondary N) is 1. The van der Waals surface area contributed by atoms with Crippen molar-refractivity contribution in [3.05, 3.63) is 88.9 Å². The average molecular weight is 455 g/mol. The fraction of sp³-hybridized carbons (Fsp3) is 0.280. The molecule has 1 fully saturated rings. The van der Waals surface area contributed by atoms with Crippen LogP contribution in [0, 0.1) is 6.92 Å². The Balaban J connectivity index is 1.43. The van der Waals surface area contributed by atoms with Crippen LogP contribution < -0.4 is 4.72 Å².